The summed E-state index contributed by atoms with van der Waals surface area (Å²) in [6.45, 7) is 4.15. The summed E-state index contributed by atoms with van der Waals surface area (Å²) in [5, 5.41) is 4.30. The van der Waals surface area contributed by atoms with E-state index in [4.69, 9.17) is 15.2 Å². The molecular weight excluding hydrogens is 316 g/mol. The number of methoxy groups -OCH3 is 1. The van der Waals surface area contributed by atoms with Gasteiger partial charge in [0.25, 0.3) is 5.91 Å². The van der Waals surface area contributed by atoms with Crippen LogP contribution in [0, 0.1) is 6.92 Å². The number of nitrogens with zero attached hydrogens (tertiary/aromatic N) is 2. The zero-order valence-corrected chi connectivity index (χ0v) is 13.9. The Kier molecular flexibility index (Phi) is 5.53. The summed E-state index contributed by atoms with van der Waals surface area (Å²) < 4.78 is 10.7. The third kappa shape index (κ3) is 4.19. The molecule has 8 heteroatoms. The molecule has 0 unspecified atom stereocenters. The molecule has 0 spiro atoms. The molecule has 1 aromatic heterocycles. The van der Waals surface area contributed by atoms with Crippen molar-refractivity contribution in [3.05, 3.63) is 34.3 Å². The third-order valence-corrected chi connectivity index (χ3v) is 3.87. The Morgan fingerprint density at radius 1 is 1.48 bits per heavy atom. The number of anilines is 1. The lowest BCUT2D eigenvalue weighted by molar-refractivity contribution is 0.0958. The van der Waals surface area contributed by atoms with Crippen LogP contribution in [0.2, 0.25) is 0 Å². The van der Waals surface area contributed by atoms with Crippen LogP contribution in [-0.4, -0.2) is 30.8 Å². The van der Waals surface area contributed by atoms with E-state index in [0.29, 0.717) is 33.8 Å². The highest BCUT2D eigenvalue weighted by Crippen LogP contribution is 2.27. The predicted molar refractivity (Wildman–Crippen MR) is 90.5 cm³/mol. The highest BCUT2D eigenvalue weighted by Gasteiger charge is 2.13. The maximum Gasteiger partial charge on any atom is 0.283 e. The average Bonchev–Trinajstić information content (AvgIpc) is 2.86. The second kappa shape index (κ2) is 7.59. The fourth-order valence-electron chi connectivity index (χ4n) is 1.89. The van der Waals surface area contributed by atoms with E-state index in [1.165, 1.54) is 6.21 Å². The van der Waals surface area contributed by atoms with Crippen LogP contribution in [0.4, 0.5) is 5.13 Å². The minimum absolute atomic E-state index is 0.341. The maximum atomic E-state index is 12.0. The Morgan fingerprint density at radius 2 is 2.26 bits per heavy atom. The van der Waals surface area contributed by atoms with Crippen LogP contribution in [0.25, 0.3) is 0 Å². The van der Waals surface area contributed by atoms with Crippen LogP contribution >= 0.6 is 11.3 Å². The molecule has 2 rings (SSSR count). The van der Waals surface area contributed by atoms with Gasteiger partial charge in [0.1, 0.15) is 4.88 Å². The molecule has 0 saturated heterocycles. The van der Waals surface area contributed by atoms with Crippen molar-refractivity contribution in [1.29, 1.82) is 0 Å². The van der Waals surface area contributed by atoms with Gasteiger partial charge >= 0.3 is 0 Å². The van der Waals surface area contributed by atoms with Crippen LogP contribution in [0.1, 0.15) is 27.9 Å². The number of carbonyl (C=O) groups is 1. The monoisotopic (exact) mass is 334 g/mol. The van der Waals surface area contributed by atoms with Crippen LogP contribution in [-0.2, 0) is 0 Å². The van der Waals surface area contributed by atoms with E-state index < -0.39 is 0 Å². The number of hydrogen-bond donors (Lipinski definition) is 2. The van der Waals surface area contributed by atoms with Crippen LogP contribution in [0.3, 0.4) is 0 Å². The fourth-order valence-corrected chi connectivity index (χ4v) is 2.61. The van der Waals surface area contributed by atoms with E-state index in [-0.39, 0.29) is 5.91 Å². The summed E-state index contributed by atoms with van der Waals surface area (Å²) in [4.78, 5) is 16.4. The SMILES string of the molecule is CCOc1cc(/C=N\NC(=O)c2sc(N)nc2C)ccc1OC. The number of thiazole rings is 1. The lowest BCUT2D eigenvalue weighted by Crippen LogP contribution is -2.17. The molecule has 0 saturated carbocycles. The smallest absolute Gasteiger partial charge is 0.283 e. The number of aromatic nitrogens is 1. The lowest BCUT2D eigenvalue weighted by atomic mass is 10.2. The van der Waals surface area contributed by atoms with E-state index >= 15 is 0 Å². The molecule has 23 heavy (non-hydrogen) atoms. The lowest BCUT2D eigenvalue weighted by Gasteiger charge is -2.09. The zero-order chi connectivity index (χ0) is 16.8. The van der Waals surface area contributed by atoms with Gasteiger partial charge in [-0.15, -0.1) is 0 Å². The second-order valence-corrected chi connectivity index (χ2v) is 5.54. The molecule has 0 atom stereocenters. The molecule has 1 aromatic carbocycles. The Labute approximate surface area is 138 Å². The summed E-state index contributed by atoms with van der Waals surface area (Å²) in [7, 11) is 1.58. The number of ether oxygens (including phenoxy) is 2. The number of nitrogen functional groups attached to an aromatic ring is 1. The Bertz CT molecular complexity index is 728. The normalized spacial score (nSPS) is 10.7. The molecular formula is C15H18N4O3S. The van der Waals surface area contributed by atoms with Crippen LogP contribution in [0.15, 0.2) is 23.3 Å². The quantitative estimate of drug-likeness (QED) is 0.623. The molecule has 122 valence electrons. The molecule has 0 bridgehead atoms. The number of aryl methyl sites for hydroxylation is 1. The number of benzene rings is 1. The van der Waals surface area contributed by atoms with Gasteiger partial charge in [-0.05, 0) is 37.6 Å². The largest absolute Gasteiger partial charge is 0.493 e. The number of nitrogens with two attached hydrogens (primary N) is 1. The molecule has 0 radical (unpaired) electrons. The number of amides is 1. The van der Waals surface area contributed by atoms with Crippen molar-refractivity contribution < 1.29 is 14.3 Å². The van der Waals surface area contributed by atoms with Gasteiger partial charge in [-0.25, -0.2) is 10.4 Å². The van der Waals surface area contributed by atoms with Crippen molar-refractivity contribution in [3.63, 3.8) is 0 Å². The summed E-state index contributed by atoms with van der Waals surface area (Å²) in [5.41, 5.74) is 9.39. The van der Waals surface area contributed by atoms with Crippen molar-refractivity contribution >= 4 is 28.6 Å². The summed E-state index contributed by atoms with van der Waals surface area (Å²) >= 11 is 1.13. The molecule has 1 heterocycles. The highest BCUT2D eigenvalue weighted by molar-refractivity contribution is 7.17. The van der Waals surface area contributed by atoms with Gasteiger partial charge in [-0.1, -0.05) is 11.3 Å². The van der Waals surface area contributed by atoms with Gasteiger partial charge in [0.15, 0.2) is 16.6 Å². The molecule has 1 amide bonds. The van der Waals surface area contributed by atoms with Crippen molar-refractivity contribution in [3.8, 4) is 11.5 Å². The number of nitrogens with one attached hydrogen (secondary N) is 1. The summed E-state index contributed by atoms with van der Waals surface area (Å²) in [5.74, 6) is 0.923. The summed E-state index contributed by atoms with van der Waals surface area (Å²) in [6.07, 6.45) is 1.53. The molecule has 0 aliphatic carbocycles. The first-order valence-corrected chi connectivity index (χ1v) is 7.74. The predicted octanol–water partition coefficient (Wildman–Crippen LogP) is 2.20. The highest BCUT2D eigenvalue weighted by atomic mass is 32.1. The van der Waals surface area contributed by atoms with Gasteiger partial charge in [0.2, 0.25) is 0 Å². The van der Waals surface area contributed by atoms with Gasteiger partial charge in [-0.3, -0.25) is 4.79 Å². The van der Waals surface area contributed by atoms with E-state index in [2.05, 4.69) is 15.5 Å². The second-order valence-electron chi connectivity index (χ2n) is 4.51. The minimum Gasteiger partial charge on any atom is -0.493 e. The zero-order valence-electron chi connectivity index (χ0n) is 13.1. The molecule has 7 nitrogen and oxygen atoms in total. The topological polar surface area (TPSA) is 98.8 Å². The van der Waals surface area contributed by atoms with Gasteiger partial charge in [-0.2, -0.15) is 5.10 Å². The van der Waals surface area contributed by atoms with Crippen molar-refractivity contribution in [2.75, 3.05) is 19.5 Å². The first-order valence-electron chi connectivity index (χ1n) is 6.92. The first-order chi connectivity index (χ1) is 11.0. The number of rotatable bonds is 6. The Morgan fingerprint density at radius 3 is 2.87 bits per heavy atom. The van der Waals surface area contributed by atoms with Gasteiger partial charge in [0.05, 0.1) is 25.6 Å². The van der Waals surface area contributed by atoms with Crippen molar-refractivity contribution in [2.24, 2.45) is 5.10 Å². The Hall–Kier alpha value is -2.61. The van der Waals surface area contributed by atoms with Crippen molar-refractivity contribution in [1.82, 2.24) is 10.4 Å². The third-order valence-electron chi connectivity index (χ3n) is 2.89. The summed E-state index contributed by atoms with van der Waals surface area (Å²) in [6, 6.07) is 5.38. The standard InChI is InChI=1S/C15H18N4O3S/c1-4-22-12-7-10(5-6-11(12)21-3)8-17-19-14(20)13-9(2)18-15(16)23-13/h5-8H,4H2,1-3H3,(H2,16,18)(H,19,20)/b17-8-. The minimum atomic E-state index is -0.341. The number of hydrogen-bond acceptors (Lipinski definition) is 7. The van der Waals surface area contributed by atoms with Crippen molar-refractivity contribution in [2.45, 2.75) is 13.8 Å². The van der Waals surface area contributed by atoms with E-state index in [1.807, 2.05) is 13.0 Å². The molecule has 3 N–H and O–H groups in total. The van der Waals surface area contributed by atoms with Crippen LogP contribution < -0.4 is 20.6 Å². The molecule has 0 aliphatic rings. The van der Waals surface area contributed by atoms with E-state index in [0.717, 1.165) is 16.9 Å². The first kappa shape index (κ1) is 16.8. The van der Waals surface area contributed by atoms with Gasteiger partial charge in [0, 0.05) is 0 Å². The maximum absolute atomic E-state index is 12.0. The number of carbonyl (C=O) groups excluding carboxylic acids is 1. The number of hydrazone groups is 1. The van der Waals surface area contributed by atoms with Crippen LogP contribution in [0.5, 0.6) is 11.5 Å². The van der Waals surface area contributed by atoms with Gasteiger partial charge < -0.3 is 15.2 Å². The molecule has 0 fully saturated rings. The van der Waals surface area contributed by atoms with E-state index in [1.54, 1.807) is 26.2 Å². The van der Waals surface area contributed by atoms with E-state index in [9.17, 15) is 4.79 Å². The Balaban J connectivity index is 2.07. The molecule has 2 aromatic rings. The average molecular weight is 334 g/mol. The molecule has 0 aliphatic heterocycles. The fraction of sp³-hybridized carbons (Fsp3) is 0.267.